The lowest BCUT2D eigenvalue weighted by Gasteiger charge is -2.23. The van der Waals surface area contributed by atoms with Crippen LogP contribution >= 0.6 is 0 Å². The predicted molar refractivity (Wildman–Crippen MR) is 86.2 cm³/mol. The smallest absolute Gasteiger partial charge is 0.128 e. The zero-order valence-electron chi connectivity index (χ0n) is 13.2. The highest BCUT2D eigenvalue weighted by molar-refractivity contribution is 5.42. The normalized spacial score (nSPS) is 21.6. The summed E-state index contributed by atoms with van der Waals surface area (Å²) in [4.78, 5) is 7.05. The molecule has 0 saturated carbocycles. The van der Waals surface area contributed by atoms with E-state index in [1.807, 2.05) is 6.20 Å². The van der Waals surface area contributed by atoms with Gasteiger partial charge in [0.2, 0.25) is 0 Å². The van der Waals surface area contributed by atoms with E-state index in [-0.39, 0.29) is 0 Å². The number of rotatable bonds is 5. The summed E-state index contributed by atoms with van der Waals surface area (Å²) in [5, 5.41) is 3.55. The van der Waals surface area contributed by atoms with Crippen molar-refractivity contribution < 1.29 is 0 Å². The van der Waals surface area contributed by atoms with Gasteiger partial charge in [-0.15, -0.1) is 0 Å². The van der Waals surface area contributed by atoms with E-state index in [2.05, 4.69) is 48.1 Å². The largest absolute Gasteiger partial charge is 0.357 e. The van der Waals surface area contributed by atoms with Crippen molar-refractivity contribution in [3.8, 4) is 0 Å². The van der Waals surface area contributed by atoms with Crippen LogP contribution in [0.1, 0.15) is 58.1 Å². The van der Waals surface area contributed by atoms with Gasteiger partial charge in [0.25, 0.3) is 0 Å². The average Bonchev–Trinajstić information content (AvgIpc) is 2.69. The van der Waals surface area contributed by atoms with Gasteiger partial charge in [0.05, 0.1) is 0 Å². The first kappa shape index (κ1) is 15.3. The van der Waals surface area contributed by atoms with Crippen LogP contribution in [0.25, 0.3) is 0 Å². The van der Waals surface area contributed by atoms with Crippen LogP contribution in [0.4, 0.5) is 5.82 Å². The van der Waals surface area contributed by atoms with Crippen molar-refractivity contribution >= 4 is 5.82 Å². The molecule has 112 valence electrons. The molecule has 20 heavy (non-hydrogen) atoms. The van der Waals surface area contributed by atoms with Crippen molar-refractivity contribution in [2.24, 2.45) is 5.92 Å². The minimum Gasteiger partial charge on any atom is -0.357 e. The predicted octanol–water partition coefficient (Wildman–Crippen LogP) is 3.77. The molecule has 0 amide bonds. The van der Waals surface area contributed by atoms with Crippen molar-refractivity contribution in [3.05, 3.63) is 23.9 Å². The van der Waals surface area contributed by atoms with Crippen LogP contribution in [0, 0.1) is 5.92 Å². The summed E-state index contributed by atoms with van der Waals surface area (Å²) >= 11 is 0. The zero-order chi connectivity index (χ0) is 14.4. The van der Waals surface area contributed by atoms with Crippen molar-refractivity contribution in [1.82, 2.24) is 10.3 Å². The molecule has 0 aliphatic carbocycles. The monoisotopic (exact) mass is 275 g/mol. The Kier molecular flexibility index (Phi) is 5.84. The Balaban J connectivity index is 2.04. The van der Waals surface area contributed by atoms with Gasteiger partial charge in [0.15, 0.2) is 0 Å². The lowest BCUT2D eigenvalue weighted by molar-refractivity contribution is 0.521. The first-order valence-corrected chi connectivity index (χ1v) is 8.15. The number of hydrogen-bond acceptors (Lipinski definition) is 3. The maximum Gasteiger partial charge on any atom is 0.128 e. The summed E-state index contributed by atoms with van der Waals surface area (Å²) in [5.41, 5.74) is 1.35. The molecule has 1 aromatic heterocycles. The van der Waals surface area contributed by atoms with E-state index < -0.39 is 0 Å². The Morgan fingerprint density at radius 1 is 1.40 bits per heavy atom. The van der Waals surface area contributed by atoms with Gasteiger partial charge < -0.3 is 10.2 Å². The van der Waals surface area contributed by atoms with Gasteiger partial charge in [0.1, 0.15) is 5.82 Å². The Bertz CT molecular complexity index is 405. The molecule has 2 atom stereocenters. The molecule has 1 aromatic rings. The van der Waals surface area contributed by atoms with Crippen LogP contribution in [0.5, 0.6) is 0 Å². The lowest BCUT2D eigenvalue weighted by atomic mass is 10.0. The Hall–Kier alpha value is -1.09. The van der Waals surface area contributed by atoms with Gasteiger partial charge in [-0.3, -0.25) is 0 Å². The number of nitrogens with zero attached hydrogens (tertiary/aromatic N) is 2. The van der Waals surface area contributed by atoms with Crippen molar-refractivity contribution in [3.63, 3.8) is 0 Å². The Morgan fingerprint density at radius 2 is 2.25 bits per heavy atom. The molecule has 1 aliphatic heterocycles. The maximum absolute atomic E-state index is 4.59. The van der Waals surface area contributed by atoms with Crippen molar-refractivity contribution in [1.29, 1.82) is 0 Å². The molecule has 1 fully saturated rings. The first-order chi connectivity index (χ1) is 9.70. The summed E-state index contributed by atoms with van der Waals surface area (Å²) in [7, 11) is 0. The van der Waals surface area contributed by atoms with Crippen LogP contribution in [0.3, 0.4) is 0 Å². The van der Waals surface area contributed by atoms with E-state index in [0.29, 0.717) is 6.04 Å². The summed E-state index contributed by atoms with van der Waals surface area (Å²) < 4.78 is 0. The lowest BCUT2D eigenvalue weighted by Crippen LogP contribution is -2.26. The molecule has 2 unspecified atom stereocenters. The summed E-state index contributed by atoms with van der Waals surface area (Å²) in [5.74, 6) is 2.01. The fourth-order valence-corrected chi connectivity index (χ4v) is 2.85. The van der Waals surface area contributed by atoms with E-state index in [9.17, 15) is 0 Å². The molecule has 3 heteroatoms. The number of nitrogens with one attached hydrogen (secondary N) is 1. The molecular formula is C17H29N3. The zero-order valence-corrected chi connectivity index (χ0v) is 13.2. The van der Waals surface area contributed by atoms with Gasteiger partial charge in [0, 0.05) is 25.3 Å². The van der Waals surface area contributed by atoms with E-state index >= 15 is 0 Å². The number of pyridine rings is 1. The van der Waals surface area contributed by atoms with Gasteiger partial charge in [-0.1, -0.05) is 13.8 Å². The van der Waals surface area contributed by atoms with Gasteiger partial charge in [-0.05, 0) is 62.8 Å². The van der Waals surface area contributed by atoms with Gasteiger partial charge >= 0.3 is 0 Å². The highest BCUT2D eigenvalue weighted by atomic mass is 15.2. The molecule has 2 rings (SSSR count). The van der Waals surface area contributed by atoms with Crippen LogP contribution in [0.2, 0.25) is 0 Å². The SMILES string of the molecule is CCCNC(C)c1ccnc(N2CCCC(C)CC2)c1. The topological polar surface area (TPSA) is 28.2 Å². The van der Waals surface area contributed by atoms with E-state index in [0.717, 1.165) is 31.4 Å². The number of aromatic nitrogens is 1. The molecular weight excluding hydrogens is 246 g/mol. The third-order valence-corrected chi connectivity index (χ3v) is 4.31. The third kappa shape index (κ3) is 4.20. The maximum atomic E-state index is 4.59. The highest BCUT2D eigenvalue weighted by Crippen LogP contribution is 2.23. The Morgan fingerprint density at radius 3 is 3.05 bits per heavy atom. The summed E-state index contributed by atoms with van der Waals surface area (Å²) in [6.07, 6.45) is 7.06. The van der Waals surface area contributed by atoms with Crippen molar-refractivity contribution in [2.75, 3.05) is 24.5 Å². The molecule has 3 nitrogen and oxygen atoms in total. The number of hydrogen-bond donors (Lipinski definition) is 1. The minimum atomic E-state index is 0.405. The quantitative estimate of drug-likeness (QED) is 0.886. The summed E-state index contributed by atoms with van der Waals surface area (Å²) in [6.45, 7) is 10.2. The molecule has 2 heterocycles. The standard InChI is InChI=1S/C17H29N3/c1-4-9-18-15(3)16-7-10-19-17(13-16)20-11-5-6-14(2)8-12-20/h7,10,13-15,18H,4-6,8-9,11-12H2,1-3H3. The molecule has 0 radical (unpaired) electrons. The number of anilines is 1. The van der Waals surface area contributed by atoms with Gasteiger partial charge in [-0.25, -0.2) is 4.98 Å². The molecule has 1 saturated heterocycles. The van der Waals surface area contributed by atoms with Gasteiger partial charge in [-0.2, -0.15) is 0 Å². The second-order valence-corrected chi connectivity index (χ2v) is 6.15. The molecule has 0 bridgehead atoms. The molecule has 1 N–H and O–H groups in total. The van der Waals surface area contributed by atoms with E-state index in [1.54, 1.807) is 0 Å². The molecule has 0 spiro atoms. The Labute approximate surface area is 123 Å². The third-order valence-electron chi connectivity index (χ3n) is 4.31. The fraction of sp³-hybridized carbons (Fsp3) is 0.706. The van der Waals surface area contributed by atoms with Crippen LogP contribution < -0.4 is 10.2 Å². The summed E-state index contributed by atoms with van der Waals surface area (Å²) in [6, 6.07) is 4.81. The molecule has 0 aromatic carbocycles. The fourth-order valence-electron chi connectivity index (χ4n) is 2.85. The second kappa shape index (κ2) is 7.63. The van der Waals surface area contributed by atoms with E-state index in [1.165, 1.54) is 31.2 Å². The average molecular weight is 275 g/mol. The second-order valence-electron chi connectivity index (χ2n) is 6.15. The highest BCUT2D eigenvalue weighted by Gasteiger charge is 2.16. The minimum absolute atomic E-state index is 0.405. The van der Waals surface area contributed by atoms with Crippen molar-refractivity contribution in [2.45, 2.75) is 52.5 Å². The van der Waals surface area contributed by atoms with Crippen LogP contribution in [-0.2, 0) is 0 Å². The van der Waals surface area contributed by atoms with Crippen LogP contribution in [0.15, 0.2) is 18.3 Å². The molecule has 1 aliphatic rings. The van der Waals surface area contributed by atoms with Crippen LogP contribution in [-0.4, -0.2) is 24.6 Å². The van der Waals surface area contributed by atoms with E-state index in [4.69, 9.17) is 0 Å². The first-order valence-electron chi connectivity index (χ1n) is 8.15.